The van der Waals surface area contributed by atoms with Crippen molar-refractivity contribution in [1.29, 1.82) is 0 Å². The first-order chi connectivity index (χ1) is 14.7. The van der Waals surface area contributed by atoms with E-state index in [4.69, 9.17) is 26.1 Å². The zero-order valence-electron chi connectivity index (χ0n) is 18.2. The molecule has 172 valence electrons. The molecule has 0 saturated carbocycles. The highest BCUT2D eigenvalue weighted by Crippen LogP contribution is 2.23. The Kier molecular flexibility index (Phi) is 9.74. The van der Waals surface area contributed by atoms with Crippen LogP contribution in [0.1, 0.15) is 38.2 Å². The maximum absolute atomic E-state index is 6.17. The summed E-state index contributed by atoms with van der Waals surface area (Å²) in [5.74, 6) is 1.01. The Balaban J connectivity index is 0.00000272. The summed E-state index contributed by atoms with van der Waals surface area (Å²) in [4.78, 5) is 10.6. The lowest BCUT2D eigenvalue weighted by Gasteiger charge is -2.34. The van der Waals surface area contributed by atoms with Crippen LogP contribution in [0.3, 0.4) is 0 Å². The van der Waals surface area contributed by atoms with E-state index in [1.165, 1.54) is 17.4 Å². The van der Waals surface area contributed by atoms with Gasteiger partial charge < -0.3 is 24.7 Å². The van der Waals surface area contributed by atoms with Crippen LogP contribution in [0.4, 0.5) is 0 Å². The quantitative estimate of drug-likeness (QED) is 0.295. The number of ether oxygens (including phenoxy) is 2. The van der Waals surface area contributed by atoms with E-state index in [0.29, 0.717) is 12.2 Å². The number of guanidine groups is 1. The van der Waals surface area contributed by atoms with Crippen LogP contribution in [-0.2, 0) is 15.9 Å². The second-order valence-electron chi connectivity index (χ2n) is 8.14. The van der Waals surface area contributed by atoms with Crippen LogP contribution in [-0.4, -0.2) is 67.4 Å². The molecule has 2 aliphatic rings. The highest BCUT2D eigenvalue weighted by atomic mass is 127. The van der Waals surface area contributed by atoms with Crippen molar-refractivity contribution in [3.05, 3.63) is 35.0 Å². The van der Waals surface area contributed by atoms with Gasteiger partial charge in [0.05, 0.1) is 18.8 Å². The second-order valence-corrected chi connectivity index (χ2v) is 8.58. The number of piperidine rings is 1. The first-order valence-electron chi connectivity index (χ1n) is 11.2. The van der Waals surface area contributed by atoms with Crippen molar-refractivity contribution in [2.24, 2.45) is 4.99 Å². The zero-order valence-corrected chi connectivity index (χ0v) is 21.3. The van der Waals surface area contributed by atoms with Crippen molar-refractivity contribution < 1.29 is 9.47 Å². The molecule has 0 radical (unpaired) electrons. The van der Waals surface area contributed by atoms with E-state index in [9.17, 15) is 0 Å². The molecule has 8 heteroatoms. The minimum Gasteiger partial charge on any atom is -0.376 e. The fourth-order valence-electron chi connectivity index (χ4n) is 4.32. The molecule has 0 aliphatic carbocycles. The Hall–Kier alpha value is -1.03. The van der Waals surface area contributed by atoms with E-state index in [1.54, 1.807) is 0 Å². The number of aromatic amines is 1. The fraction of sp³-hybridized carbons (Fsp3) is 0.609. The summed E-state index contributed by atoms with van der Waals surface area (Å²) in [5, 5.41) is 5.41. The van der Waals surface area contributed by atoms with Crippen LogP contribution >= 0.6 is 35.6 Å². The third-order valence-electron chi connectivity index (χ3n) is 5.99. The van der Waals surface area contributed by atoms with Gasteiger partial charge in [-0.2, -0.15) is 0 Å². The molecular weight excluding hydrogens is 527 g/mol. The molecule has 2 saturated heterocycles. The lowest BCUT2D eigenvalue weighted by atomic mass is 10.1. The number of nitrogens with one attached hydrogen (secondary N) is 2. The minimum atomic E-state index is 0. The normalized spacial score (nSPS) is 20.3. The number of aromatic nitrogens is 1. The summed E-state index contributed by atoms with van der Waals surface area (Å²) in [7, 11) is 0. The van der Waals surface area contributed by atoms with E-state index in [-0.39, 0.29) is 24.0 Å². The van der Waals surface area contributed by atoms with Gasteiger partial charge in [-0.05, 0) is 62.8 Å². The fourth-order valence-corrected chi connectivity index (χ4v) is 4.49. The van der Waals surface area contributed by atoms with E-state index in [2.05, 4.69) is 28.3 Å². The largest absolute Gasteiger partial charge is 0.376 e. The van der Waals surface area contributed by atoms with Crippen molar-refractivity contribution in [3.8, 4) is 0 Å². The lowest BCUT2D eigenvalue weighted by Crippen LogP contribution is -2.47. The van der Waals surface area contributed by atoms with Gasteiger partial charge in [-0.1, -0.05) is 11.6 Å². The number of hydrogen-bond donors (Lipinski definition) is 2. The Bertz CT molecular complexity index is 845. The molecule has 2 N–H and O–H groups in total. The Morgan fingerprint density at radius 1 is 1.32 bits per heavy atom. The third-order valence-corrected chi connectivity index (χ3v) is 6.23. The number of benzene rings is 1. The van der Waals surface area contributed by atoms with Crippen LogP contribution < -0.4 is 5.32 Å². The van der Waals surface area contributed by atoms with E-state index >= 15 is 0 Å². The number of H-pyrrole nitrogens is 1. The van der Waals surface area contributed by atoms with Crippen molar-refractivity contribution in [2.75, 3.05) is 39.4 Å². The van der Waals surface area contributed by atoms with Crippen LogP contribution in [0.15, 0.2) is 29.4 Å². The summed E-state index contributed by atoms with van der Waals surface area (Å²) in [5.41, 5.74) is 2.38. The average molecular weight is 561 g/mol. The predicted molar refractivity (Wildman–Crippen MR) is 138 cm³/mol. The summed E-state index contributed by atoms with van der Waals surface area (Å²) in [6.45, 7) is 7.33. The number of halogens is 2. The van der Waals surface area contributed by atoms with Gasteiger partial charge in [0.1, 0.15) is 0 Å². The van der Waals surface area contributed by atoms with Gasteiger partial charge in [0.2, 0.25) is 0 Å². The number of nitrogens with zero attached hydrogens (tertiary/aromatic N) is 2. The topological polar surface area (TPSA) is 61.9 Å². The summed E-state index contributed by atoms with van der Waals surface area (Å²) in [6.07, 6.45) is 7.98. The van der Waals surface area contributed by atoms with Gasteiger partial charge in [-0.3, -0.25) is 4.99 Å². The summed E-state index contributed by atoms with van der Waals surface area (Å²) < 4.78 is 11.8. The van der Waals surface area contributed by atoms with Crippen molar-refractivity contribution in [2.45, 2.75) is 51.2 Å². The summed E-state index contributed by atoms with van der Waals surface area (Å²) in [6, 6.07) is 5.97. The van der Waals surface area contributed by atoms with Gasteiger partial charge >= 0.3 is 0 Å². The molecule has 0 spiro atoms. The standard InChI is InChI=1S/C23H33ClN4O2.HI/c1-2-25-23(26-10-7-17-15-27-22-6-5-18(24)14-21(17)22)28-11-8-19(9-12-28)30-16-20-4-3-13-29-20;/h5-6,14-15,19-20,27H,2-4,7-13,16H2,1H3,(H,25,26);1H. The molecule has 1 atom stereocenters. The van der Waals surface area contributed by atoms with Crippen LogP contribution in [0.2, 0.25) is 5.02 Å². The molecule has 2 fully saturated rings. The maximum atomic E-state index is 6.17. The van der Waals surface area contributed by atoms with Gasteiger partial charge in [-0.25, -0.2) is 0 Å². The number of fused-ring (bicyclic) bond motifs is 1. The van der Waals surface area contributed by atoms with Gasteiger partial charge in [0.15, 0.2) is 5.96 Å². The lowest BCUT2D eigenvalue weighted by molar-refractivity contribution is -0.0367. The molecular formula is C23H34ClIN4O2. The molecule has 2 aliphatic heterocycles. The Labute approximate surface area is 207 Å². The average Bonchev–Trinajstić information content (AvgIpc) is 3.42. The van der Waals surface area contributed by atoms with Gasteiger partial charge in [0.25, 0.3) is 0 Å². The Morgan fingerprint density at radius 2 is 2.16 bits per heavy atom. The molecule has 3 heterocycles. The number of aliphatic imine (C=N–C) groups is 1. The molecule has 1 aromatic heterocycles. The molecule has 0 bridgehead atoms. The van der Waals surface area contributed by atoms with Gasteiger partial charge in [0, 0.05) is 54.9 Å². The first kappa shape index (κ1) is 24.6. The van der Waals surface area contributed by atoms with Crippen molar-refractivity contribution in [3.63, 3.8) is 0 Å². The zero-order chi connectivity index (χ0) is 20.8. The van der Waals surface area contributed by atoms with E-state index in [1.807, 2.05) is 18.2 Å². The Morgan fingerprint density at radius 3 is 2.90 bits per heavy atom. The minimum absolute atomic E-state index is 0. The molecule has 0 amide bonds. The molecule has 6 nitrogen and oxygen atoms in total. The monoisotopic (exact) mass is 560 g/mol. The SMILES string of the molecule is CCNC(=NCCc1c[nH]c2ccc(Cl)cc12)N1CCC(OCC2CCCO2)CC1.I. The highest BCUT2D eigenvalue weighted by Gasteiger charge is 2.24. The summed E-state index contributed by atoms with van der Waals surface area (Å²) >= 11 is 6.17. The van der Waals surface area contributed by atoms with Crippen LogP contribution in [0.5, 0.6) is 0 Å². The van der Waals surface area contributed by atoms with Crippen LogP contribution in [0.25, 0.3) is 10.9 Å². The number of hydrogen-bond acceptors (Lipinski definition) is 3. The number of likely N-dealkylation sites (tertiary alicyclic amines) is 1. The predicted octanol–water partition coefficient (Wildman–Crippen LogP) is 4.61. The second kappa shape index (κ2) is 12.3. The van der Waals surface area contributed by atoms with Crippen LogP contribution in [0, 0.1) is 0 Å². The smallest absolute Gasteiger partial charge is 0.193 e. The number of rotatable bonds is 7. The van der Waals surface area contributed by atoms with E-state index < -0.39 is 0 Å². The highest BCUT2D eigenvalue weighted by molar-refractivity contribution is 14.0. The molecule has 1 unspecified atom stereocenters. The molecule has 1 aromatic carbocycles. The maximum Gasteiger partial charge on any atom is 0.193 e. The molecule has 31 heavy (non-hydrogen) atoms. The van der Waals surface area contributed by atoms with Gasteiger partial charge in [-0.15, -0.1) is 24.0 Å². The van der Waals surface area contributed by atoms with Crippen molar-refractivity contribution in [1.82, 2.24) is 15.2 Å². The third kappa shape index (κ3) is 6.73. The molecule has 2 aromatic rings. The molecule has 4 rings (SSSR count). The van der Waals surface area contributed by atoms with Crippen molar-refractivity contribution >= 4 is 52.4 Å². The van der Waals surface area contributed by atoms with E-state index in [0.717, 1.165) is 81.6 Å². The first-order valence-corrected chi connectivity index (χ1v) is 11.6.